The Morgan fingerprint density at radius 1 is 0.347 bits per heavy atom. The number of amides is 7. The van der Waals surface area contributed by atoms with E-state index in [1.807, 2.05) is 0 Å². The maximum atomic E-state index is 13.2. The molecule has 0 aromatic heterocycles. The summed E-state index contributed by atoms with van der Waals surface area (Å²) in [6.45, 7) is 27.4. The highest BCUT2D eigenvalue weighted by Crippen LogP contribution is 2.15. The summed E-state index contributed by atoms with van der Waals surface area (Å²) in [7, 11) is 0. The summed E-state index contributed by atoms with van der Waals surface area (Å²) >= 11 is 0. The second-order valence-electron chi connectivity index (χ2n) is 26.1. The Hall–Kier alpha value is -6.02. The number of unbranched alkanes of at least 4 members (excludes halogenated alkanes) is 1. The zero-order chi connectivity index (χ0) is 75.6. The van der Waals surface area contributed by atoms with Gasteiger partial charge in [0.05, 0.1) is 165 Å². The van der Waals surface area contributed by atoms with Crippen molar-refractivity contribution in [2.24, 2.45) is 11.7 Å². The molecule has 0 radical (unpaired) electrons. The number of carboxylic acid groups (broad SMARTS) is 1. The number of carboxylic acids is 1. The molecule has 0 aliphatic carbocycles. The zero-order valence-corrected chi connectivity index (χ0v) is 62.0. The molecule has 10 N–H and O–H groups in total. The zero-order valence-electron chi connectivity index (χ0n) is 62.0. The van der Waals surface area contributed by atoms with Crippen LogP contribution in [-0.4, -0.2) is 290 Å². The smallest absolute Gasteiger partial charge is 0.329 e. The molecule has 0 aromatic rings. The van der Waals surface area contributed by atoms with Crippen LogP contribution in [-0.2, 0) is 114 Å². The van der Waals surface area contributed by atoms with E-state index in [0.717, 1.165) is 0 Å². The monoisotopic (exact) mass is 1460 g/mol. The van der Waals surface area contributed by atoms with Gasteiger partial charge in [-0.3, -0.25) is 28.8 Å². The molecule has 0 aromatic carbocycles. The van der Waals surface area contributed by atoms with Crippen molar-refractivity contribution < 1.29 is 124 Å². The summed E-state index contributed by atoms with van der Waals surface area (Å²) in [5.74, 6) is -4.91. The summed E-state index contributed by atoms with van der Waals surface area (Å²) in [5, 5.41) is 27.7. The molecular weight excluding hydrogens is 1330 g/mol. The highest BCUT2D eigenvalue weighted by molar-refractivity contribution is 5.88. The van der Waals surface area contributed by atoms with Gasteiger partial charge >= 0.3 is 29.9 Å². The number of aliphatic carboxylic acids is 1. The molecule has 0 rings (SSSR count). The Morgan fingerprint density at radius 2 is 0.634 bits per heavy atom. The topological polar surface area (TPSA) is 440 Å². The number of hydrogen-bond acceptors (Lipinski definition) is 26. The third-order valence-electron chi connectivity index (χ3n) is 13.0. The Bertz CT molecular complexity index is 2270. The number of nitrogens with one attached hydrogen (secondary N) is 7. The van der Waals surface area contributed by atoms with Gasteiger partial charge in [0.25, 0.3) is 0 Å². The molecule has 0 aliphatic heterocycles. The van der Waals surface area contributed by atoms with Gasteiger partial charge < -0.3 is 119 Å². The minimum absolute atomic E-state index is 0.122. The second kappa shape index (κ2) is 59.4. The molecule has 0 aliphatic rings. The summed E-state index contributed by atoms with van der Waals surface area (Å²) in [6.07, 6.45) is 1.56. The maximum absolute atomic E-state index is 13.2. The van der Waals surface area contributed by atoms with Crippen molar-refractivity contribution >= 4 is 59.4 Å². The van der Waals surface area contributed by atoms with E-state index in [1.54, 1.807) is 76.2 Å². The van der Waals surface area contributed by atoms with Gasteiger partial charge in [-0.05, 0) is 100 Å². The van der Waals surface area contributed by atoms with Crippen LogP contribution in [0.5, 0.6) is 0 Å². The van der Waals surface area contributed by atoms with Crippen LogP contribution in [0.15, 0.2) is 0 Å². The van der Waals surface area contributed by atoms with Gasteiger partial charge in [0.1, 0.15) is 34.9 Å². The second-order valence-corrected chi connectivity index (χ2v) is 26.1. The van der Waals surface area contributed by atoms with Gasteiger partial charge in [-0.2, -0.15) is 0 Å². The standard InChI is InChI=1S/C67H124N8O26/c1-50(2)59(61(82)83)75-60(81)51(68)14-12-13-22-69-55(77)19-26-87-32-38-93-44-48-97-42-36-91-30-24-71-57(79)21-28-89-34-40-95-46-49-98-43-37-92-31-25-72-56(78)20-27-88-33-39-94-45-47-96-41-35-90-29-23-70-54(76)17-15-52(62(84)100-66(6,7)8)73-64(86)74-53(63(85)101-67(9,10)11)16-18-58(80)99-65(3,4)5/h50-53,59H,12-49,68H2,1-11H3,(H,69,77)(H,70,76)(H,71,79)(H,72,78)(H,75,81)(H,82,83)(H2,73,74,86)/t51-,52-,53-,59-/m0/s1. The van der Waals surface area contributed by atoms with Crippen LogP contribution in [0.25, 0.3) is 0 Å². The van der Waals surface area contributed by atoms with Gasteiger partial charge in [-0.25, -0.2) is 19.2 Å². The molecule has 0 saturated carbocycles. The number of nitrogens with two attached hydrogens (primary N) is 1. The van der Waals surface area contributed by atoms with E-state index in [9.17, 15) is 53.1 Å². The van der Waals surface area contributed by atoms with E-state index in [4.69, 9.17) is 76.8 Å². The summed E-state index contributed by atoms with van der Waals surface area (Å²) in [5.41, 5.74) is 3.34. The van der Waals surface area contributed by atoms with E-state index < -0.39 is 82.7 Å². The number of hydrogen-bond donors (Lipinski definition) is 9. The lowest BCUT2D eigenvalue weighted by atomic mass is 10.0. The largest absolute Gasteiger partial charge is 0.480 e. The van der Waals surface area contributed by atoms with Crippen molar-refractivity contribution in [1.82, 2.24) is 37.2 Å². The first-order valence-corrected chi connectivity index (χ1v) is 34.9. The first-order valence-electron chi connectivity index (χ1n) is 34.9. The predicted octanol–water partition coefficient (Wildman–Crippen LogP) is 1.17. The molecular formula is C67H124N8O26. The van der Waals surface area contributed by atoms with Crippen molar-refractivity contribution in [2.75, 3.05) is 185 Å². The first kappa shape index (κ1) is 95.0. The molecule has 0 bridgehead atoms. The third-order valence-corrected chi connectivity index (χ3v) is 13.0. The van der Waals surface area contributed by atoms with Gasteiger partial charge in [0.2, 0.25) is 29.5 Å². The number of esters is 3. The normalized spacial score (nSPS) is 12.9. The highest BCUT2D eigenvalue weighted by atomic mass is 16.6. The Kier molecular flexibility index (Phi) is 55.8. The minimum Gasteiger partial charge on any atom is -0.480 e. The fraction of sp³-hybridized carbons (Fsp3) is 0.851. The molecule has 0 heterocycles. The molecule has 0 spiro atoms. The van der Waals surface area contributed by atoms with Crippen LogP contribution in [0.4, 0.5) is 4.79 Å². The summed E-state index contributed by atoms with van der Waals surface area (Å²) in [6, 6.07) is -5.24. The molecule has 0 fully saturated rings. The molecule has 4 atom stereocenters. The molecule has 0 unspecified atom stereocenters. The number of ether oxygens (including phenoxy) is 15. The van der Waals surface area contributed by atoms with Crippen LogP contribution in [0.1, 0.15) is 140 Å². The van der Waals surface area contributed by atoms with Crippen molar-refractivity contribution in [3.8, 4) is 0 Å². The van der Waals surface area contributed by atoms with Crippen molar-refractivity contribution in [2.45, 2.75) is 181 Å². The number of carbonyl (C=O) groups is 10. The number of urea groups is 1. The van der Waals surface area contributed by atoms with E-state index >= 15 is 0 Å². The van der Waals surface area contributed by atoms with E-state index in [2.05, 4.69) is 37.2 Å². The van der Waals surface area contributed by atoms with Crippen LogP contribution < -0.4 is 43.0 Å². The van der Waals surface area contributed by atoms with Gasteiger partial charge in [0.15, 0.2) is 0 Å². The lowest BCUT2D eigenvalue weighted by Gasteiger charge is -2.27. The van der Waals surface area contributed by atoms with Gasteiger partial charge in [-0.1, -0.05) is 13.8 Å². The Morgan fingerprint density at radius 3 is 0.941 bits per heavy atom. The average Bonchev–Trinajstić information content (AvgIpc) is 0.936. The molecule has 34 heteroatoms. The SMILES string of the molecule is CC(C)[C@H](NC(=O)[C@@H](N)CCCCNC(=O)CCOCCOCCOCCOCCNC(=O)CCOCCOCCOCCOCCNC(=O)CCOCCOCCOCCOCCNC(=O)CC[C@H](NC(=O)N[C@@H](CCC(=O)OC(C)(C)C)C(=O)OC(C)(C)C)C(=O)OC(C)(C)C)C(=O)O. The molecule has 101 heavy (non-hydrogen) atoms. The van der Waals surface area contributed by atoms with Crippen LogP contribution in [0.3, 0.4) is 0 Å². The lowest BCUT2D eigenvalue weighted by molar-refractivity contribution is -0.159. The van der Waals surface area contributed by atoms with E-state index in [-0.39, 0.29) is 115 Å². The van der Waals surface area contributed by atoms with Crippen molar-refractivity contribution in [1.29, 1.82) is 0 Å². The fourth-order valence-corrected chi connectivity index (χ4v) is 8.08. The summed E-state index contributed by atoms with van der Waals surface area (Å²) < 4.78 is 82.1. The fourth-order valence-electron chi connectivity index (χ4n) is 8.08. The van der Waals surface area contributed by atoms with Gasteiger partial charge in [-0.15, -0.1) is 0 Å². The minimum atomic E-state index is -1.26. The molecule has 7 amide bonds. The highest BCUT2D eigenvalue weighted by Gasteiger charge is 2.32. The lowest BCUT2D eigenvalue weighted by Crippen LogP contribution is -2.53. The third kappa shape index (κ3) is 62.3. The Labute approximate surface area is 596 Å². The number of rotatable bonds is 64. The van der Waals surface area contributed by atoms with Crippen LogP contribution in [0.2, 0.25) is 0 Å². The average molecular weight is 1460 g/mol. The molecule has 0 saturated heterocycles. The quantitative estimate of drug-likeness (QED) is 0.0234. The van der Waals surface area contributed by atoms with E-state index in [0.29, 0.717) is 158 Å². The van der Waals surface area contributed by atoms with Gasteiger partial charge in [0, 0.05) is 58.3 Å². The first-order chi connectivity index (χ1) is 47.9. The number of carbonyl (C=O) groups excluding carboxylic acids is 9. The molecule has 588 valence electrons. The van der Waals surface area contributed by atoms with Crippen molar-refractivity contribution in [3.05, 3.63) is 0 Å². The summed E-state index contributed by atoms with van der Waals surface area (Å²) in [4.78, 5) is 124. The Balaban J connectivity index is 3.74. The van der Waals surface area contributed by atoms with E-state index in [1.165, 1.54) is 0 Å². The maximum Gasteiger partial charge on any atom is 0.329 e. The predicted molar refractivity (Wildman–Crippen MR) is 367 cm³/mol. The molecule has 34 nitrogen and oxygen atoms in total. The van der Waals surface area contributed by atoms with Crippen LogP contribution >= 0.6 is 0 Å². The van der Waals surface area contributed by atoms with Crippen LogP contribution in [0, 0.1) is 5.92 Å². The van der Waals surface area contributed by atoms with Crippen molar-refractivity contribution in [3.63, 3.8) is 0 Å².